The predicted octanol–water partition coefficient (Wildman–Crippen LogP) is 5.11. The molecule has 4 rings (SSSR count). The number of amides is 1. The molecule has 2 aliphatic rings. The molecule has 0 spiro atoms. The van der Waals surface area contributed by atoms with E-state index < -0.39 is 17.3 Å². The molecule has 0 bridgehead atoms. The summed E-state index contributed by atoms with van der Waals surface area (Å²) in [5.41, 5.74) is 2.88. The number of hydrogen-bond donors (Lipinski definition) is 3. The van der Waals surface area contributed by atoms with Crippen LogP contribution in [-0.2, 0) is 16.8 Å². The first kappa shape index (κ1) is 37.3. The highest BCUT2D eigenvalue weighted by molar-refractivity contribution is 8.93. The molecule has 13 heteroatoms. The lowest BCUT2D eigenvalue weighted by Crippen LogP contribution is -2.34. The summed E-state index contributed by atoms with van der Waals surface area (Å²) in [6.45, 7) is 10.2. The first-order valence-electron chi connectivity index (χ1n) is 15.8. The van der Waals surface area contributed by atoms with Crippen LogP contribution in [0.3, 0.4) is 0 Å². The highest BCUT2D eigenvalue weighted by atomic mass is 79.9. The number of carboxylic acid groups (broad SMARTS) is 1. The molecule has 1 aromatic heterocycles. The number of aliphatic carboxylic acids is 1. The average Bonchev–Trinajstić information content (AvgIpc) is 3.32. The number of fused-ring (bicyclic) bond motifs is 1. The number of rotatable bonds is 13. The SMILES string of the molecule is Br.CCOc1cc2c(nc1C(=O)NC)C(=N)N(CC(=O)c1cc(N3CCC(C#N)CC3)c(OCCCCC(=O)O)c(C(C)(C)C)c1)C2. The largest absolute Gasteiger partial charge is 0.491 e. The number of pyridine rings is 1. The van der Waals surface area contributed by atoms with Crippen LogP contribution in [0.4, 0.5) is 5.69 Å². The van der Waals surface area contributed by atoms with Crippen LogP contribution < -0.4 is 19.7 Å². The lowest BCUT2D eigenvalue weighted by atomic mass is 9.84. The van der Waals surface area contributed by atoms with Gasteiger partial charge in [0.2, 0.25) is 0 Å². The van der Waals surface area contributed by atoms with Crippen molar-refractivity contribution in [3.8, 4) is 17.6 Å². The topological polar surface area (TPSA) is 169 Å². The first-order chi connectivity index (χ1) is 21.9. The summed E-state index contributed by atoms with van der Waals surface area (Å²) in [5, 5.41) is 29.9. The first-order valence-corrected chi connectivity index (χ1v) is 15.8. The number of carbonyl (C=O) groups is 3. The maximum atomic E-state index is 14.0. The fourth-order valence-corrected chi connectivity index (χ4v) is 5.76. The molecule has 254 valence electrons. The van der Waals surface area contributed by atoms with Gasteiger partial charge in [-0.05, 0) is 56.2 Å². The van der Waals surface area contributed by atoms with Crippen molar-refractivity contribution in [1.82, 2.24) is 15.2 Å². The molecule has 0 unspecified atom stereocenters. The highest BCUT2D eigenvalue weighted by Crippen LogP contribution is 2.42. The average molecular weight is 714 g/mol. The molecule has 0 saturated carbocycles. The summed E-state index contributed by atoms with van der Waals surface area (Å²) >= 11 is 0. The molecule has 47 heavy (non-hydrogen) atoms. The fraction of sp³-hybridized carbons (Fsp3) is 0.529. The number of ketones is 1. The Kier molecular flexibility index (Phi) is 12.8. The van der Waals surface area contributed by atoms with E-state index in [1.807, 2.05) is 19.1 Å². The molecule has 3 N–H and O–H groups in total. The third-order valence-electron chi connectivity index (χ3n) is 8.29. The second-order valence-electron chi connectivity index (χ2n) is 12.7. The van der Waals surface area contributed by atoms with E-state index in [1.165, 1.54) is 7.05 Å². The van der Waals surface area contributed by atoms with Crippen LogP contribution in [0.5, 0.6) is 11.5 Å². The van der Waals surface area contributed by atoms with E-state index >= 15 is 0 Å². The van der Waals surface area contributed by atoms with Gasteiger partial charge in [0.15, 0.2) is 17.2 Å². The molecule has 12 nitrogen and oxygen atoms in total. The summed E-state index contributed by atoms with van der Waals surface area (Å²) in [4.78, 5) is 45.7. The summed E-state index contributed by atoms with van der Waals surface area (Å²) in [6.07, 6.45) is 2.55. The summed E-state index contributed by atoms with van der Waals surface area (Å²) in [7, 11) is 1.50. The van der Waals surface area contributed by atoms with Gasteiger partial charge in [0.05, 0.1) is 31.5 Å². The second kappa shape index (κ2) is 16.1. The number of anilines is 1. The van der Waals surface area contributed by atoms with Crippen LogP contribution in [0.25, 0.3) is 0 Å². The number of hydrogen-bond acceptors (Lipinski definition) is 9. The van der Waals surface area contributed by atoms with Gasteiger partial charge in [0, 0.05) is 55.7 Å². The predicted molar refractivity (Wildman–Crippen MR) is 183 cm³/mol. The van der Waals surface area contributed by atoms with Crippen molar-refractivity contribution < 1.29 is 29.0 Å². The Morgan fingerprint density at radius 3 is 2.45 bits per heavy atom. The minimum atomic E-state index is -0.842. The number of halogens is 1. The van der Waals surface area contributed by atoms with Crippen molar-refractivity contribution in [3.63, 3.8) is 0 Å². The standard InChI is InChI=1S/C34H44N6O6.BrH/c1-6-45-27-17-23-19-40(32(36)29(23)38-30(27)33(44)37-5)20-26(41)22-15-24(34(2,3)4)31(46-14-8-7-9-28(42)43)25(16-22)39-12-10-21(18-35)11-13-39;/h15-17,21,36H,6-14,19-20H2,1-5H3,(H,37,44)(H,42,43);1H. The second-order valence-corrected chi connectivity index (χ2v) is 12.7. The van der Waals surface area contributed by atoms with Crippen molar-refractivity contribution in [2.75, 3.05) is 44.8 Å². The number of amidine groups is 1. The minimum absolute atomic E-state index is 0. The molecular formula is C34H45BrN6O6. The Bertz CT molecular complexity index is 1540. The lowest BCUT2D eigenvalue weighted by Gasteiger charge is -2.35. The zero-order valence-corrected chi connectivity index (χ0v) is 29.5. The third-order valence-corrected chi connectivity index (χ3v) is 8.29. The van der Waals surface area contributed by atoms with Crippen molar-refractivity contribution in [3.05, 3.63) is 46.3 Å². The van der Waals surface area contributed by atoms with E-state index in [1.54, 1.807) is 11.0 Å². The normalized spacial score (nSPS) is 14.6. The number of nitrogens with one attached hydrogen (secondary N) is 2. The van der Waals surface area contributed by atoms with Gasteiger partial charge in [0.1, 0.15) is 17.3 Å². The summed E-state index contributed by atoms with van der Waals surface area (Å²) in [6, 6.07) is 7.80. The fourth-order valence-electron chi connectivity index (χ4n) is 5.76. The Labute approximate surface area is 286 Å². The van der Waals surface area contributed by atoms with E-state index in [2.05, 4.69) is 42.0 Å². The van der Waals surface area contributed by atoms with Gasteiger partial charge in [-0.1, -0.05) is 20.8 Å². The highest BCUT2D eigenvalue weighted by Gasteiger charge is 2.33. The number of carboxylic acids is 1. The molecule has 2 aromatic rings. The van der Waals surface area contributed by atoms with E-state index in [0.717, 1.165) is 11.3 Å². The molecule has 2 aliphatic heterocycles. The van der Waals surface area contributed by atoms with Crippen LogP contribution in [0.1, 0.15) is 97.5 Å². The monoisotopic (exact) mass is 712 g/mol. The maximum absolute atomic E-state index is 14.0. The number of piperidine rings is 1. The van der Waals surface area contributed by atoms with Gasteiger partial charge in [-0.25, -0.2) is 4.98 Å². The van der Waals surface area contributed by atoms with Crippen LogP contribution in [-0.4, -0.2) is 78.4 Å². The van der Waals surface area contributed by atoms with Crippen LogP contribution in [0.15, 0.2) is 18.2 Å². The number of Topliss-reactive ketones (excluding diaryl/α,β-unsaturated/α-hetero) is 1. The van der Waals surface area contributed by atoms with Crippen molar-refractivity contribution >= 4 is 46.2 Å². The molecule has 3 heterocycles. The van der Waals surface area contributed by atoms with Gasteiger partial charge in [-0.3, -0.25) is 19.8 Å². The Hall–Kier alpha value is -4.18. The molecule has 1 fully saturated rings. The van der Waals surface area contributed by atoms with Gasteiger partial charge in [-0.15, -0.1) is 17.0 Å². The van der Waals surface area contributed by atoms with Crippen LogP contribution >= 0.6 is 17.0 Å². The number of nitriles is 1. The third kappa shape index (κ3) is 8.80. The Balaban J connectivity index is 0.00000600. The molecule has 0 radical (unpaired) electrons. The number of benzene rings is 1. The van der Waals surface area contributed by atoms with E-state index in [4.69, 9.17) is 20.0 Å². The number of carbonyl (C=O) groups excluding carboxylic acids is 2. The van der Waals surface area contributed by atoms with Gasteiger partial charge >= 0.3 is 5.97 Å². The summed E-state index contributed by atoms with van der Waals surface area (Å²) in [5.74, 6) is -0.393. The molecular weight excluding hydrogens is 668 g/mol. The van der Waals surface area contributed by atoms with Crippen molar-refractivity contribution in [2.24, 2.45) is 5.92 Å². The van der Waals surface area contributed by atoms with E-state index in [9.17, 15) is 19.6 Å². The number of unbranched alkanes of at least 4 members (excludes halogenated alkanes) is 1. The summed E-state index contributed by atoms with van der Waals surface area (Å²) < 4.78 is 12.0. The van der Waals surface area contributed by atoms with Crippen molar-refractivity contribution in [1.29, 1.82) is 10.7 Å². The molecule has 0 atom stereocenters. The van der Waals surface area contributed by atoms with Crippen molar-refractivity contribution in [2.45, 2.75) is 71.8 Å². The molecule has 1 aromatic carbocycles. The smallest absolute Gasteiger partial charge is 0.303 e. The van der Waals surface area contributed by atoms with Crippen LogP contribution in [0.2, 0.25) is 0 Å². The Morgan fingerprint density at radius 2 is 1.85 bits per heavy atom. The lowest BCUT2D eigenvalue weighted by molar-refractivity contribution is -0.137. The molecule has 1 amide bonds. The van der Waals surface area contributed by atoms with E-state index in [0.29, 0.717) is 80.3 Å². The maximum Gasteiger partial charge on any atom is 0.303 e. The zero-order valence-electron chi connectivity index (χ0n) is 27.8. The minimum Gasteiger partial charge on any atom is -0.491 e. The number of aromatic nitrogens is 1. The Morgan fingerprint density at radius 1 is 1.15 bits per heavy atom. The van der Waals surface area contributed by atoms with Gasteiger partial charge < -0.3 is 29.7 Å². The quantitative estimate of drug-likeness (QED) is 0.187. The molecule has 1 saturated heterocycles. The number of ether oxygens (including phenoxy) is 2. The molecule has 0 aliphatic carbocycles. The van der Waals surface area contributed by atoms with Crippen LogP contribution in [0, 0.1) is 22.7 Å². The number of nitrogens with zero attached hydrogens (tertiary/aromatic N) is 4. The van der Waals surface area contributed by atoms with Gasteiger partial charge in [-0.2, -0.15) is 5.26 Å². The zero-order chi connectivity index (χ0) is 33.6. The van der Waals surface area contributed by atoms with Gasteiger partial charge in [0.25, 0.3) is 5.91 Å². The van der Waals surface area contributed by atoms with E-state index in [-0.39, 0.29) is 59.7 Å².